The summed E-state index contributed by atoms with van der Waals surface area (Å²) in [7, 11) is 3.39. The van der Waals surface area contributed by atoms with Gasteiger partial charge in [-0.25, -0.2) is 4.79 Å². The van der Waals surface area contributed by atoms with Crippen LogP contribution in [0, 0.1) is 0 Å². The van der Waals surface area contributed by atoms with Crippen molar-refractivity contribution in [2.24, 2.45) is 10.7 Å². The van der Waals surface area contributed by atoms with Crippen molar-refractivity contribution >= 4 is 36.0 Å². The SMILES string of the molecule is COc1ccc(CCNC(N)=NCCC(C)N(C)C(=O)OC(C)(C)C)cc1.I. The van der Waals surface area contributed by atoms with E-state index in [1.165, 1.54) is 5.56 Å². The molecule has 0 aliphatic carbocycles. The molecule has 7 nitrogen and oxygen atoms in total. The number of hydrogen-bond acceptors (Lipinski definition) is 4. The van der Waals surface area contributed by atoms with E-state index in [1.807, 2.05) is 52.0 Å². The number of aliphatic imine (C=N–C) groups is 1. The smallest absolute Gasteiger partial charge is 0.410 e. The van der Waals surface area contributed by atoms with Crippen molar-refractivity contribution in [2.45, 2.75) is 52.2 Å². The zero-order valence-corrected chi connectivity index (χ0v) is 20.2. The van der Waals surface area contributed by atoms with Crippen LogP contribution in [0.5, 0.6) is 5.75 Å². The van der Waals surface area contributed by atoms with Crippen LogP contribution >= 0.6 is 24.0 Å². The van der Waals surface area contributed by atoms with Crippen molar-refractivity contribution in [1.29, 1.82) is 0 Å². The second-order valence-corrected chi connectivity index (χ2v) is 7.52. The summed E-state index contributed by atoms with van der Waals surface area (Å²) in [6.45, 7) is 8.77. The maximum atomic E-state index is 12.0. The molecule has 8 heteroatoms. The largest absolute Gasteiger partial charge is 0.497 e. The first kappa shape index (κ1) is 26.3. The third-order valence-electron chi connectivity index (χ3n) is 4.05. The molecule has 0 aliphatic heterocycles. The Bertz CT molecular complexity index is 615. The van der Waals surface area contributed by atoms with Crippen LogP contribution < -0.4 is 15.8 Å². The summed E-state index contributed by atoms with van der Waals surface area (Å²) in [5.74, 6) is 1.26. The molecule has 0 fully saturated rings. The number of methoxy groups -OCH3 is 1. The van der Waals surface area contributed by atoms with Crippen molar-refractivity contribution in [3.05, 3.63) is 29.8 Å². The standard InChI is InChI=1S/C20H34N4O3.HI/c1-15(24(5)19(25)27-20(2,3)4)11-13-22-18(21)23-14-12-16-7-9-17(26-6)10-8-16;/h7-10,15H,11-14H2,1-6H3,(H3,21,22,23);1H. The molecule has 1 amide bonds. The molecule has 0 spiro atoms. The average molecular weight is 506 g/mol. The highest BCUT2D eigenvalue weighted by molar-refractivity contribution is 14.0. The fourth-order valence-electron chi connectivity index (χ4n) is 2.26. The van der Waals surface area contributed by atoms with E-state index in [-0.39, 0.29) is 36.1 Å². The Balaban J connectivity index is 0.00000729. The fourth-order valence-corrected chi connectivity index (χ4v) is 2.26. The van der Waals surface area contributed by atoms with Gasteiger partial charge in [0.25, 0.3) is 0 Å². The number of ether oxygens (including phenoxy) is 2. The van der Waals surface area contributed by atoms with Gasteiger partial charge in [0.05, 0.1) is 7.11 Å². The van der Waals surface area contributed by atoms with Crippen LogP contribution in [0.2, 0.25) is 0 Å². The van der Waals surface area contributed by atoms with E-state index in [0.29, 0.717) is 25.5 Å². The van der Waals surface area contributed by atoms with Crippen molar-refractivity contribution in [1.82, 2.24) is 10.2 Å². The molecule has 1 aromatic carbocycles. The van der Waals surface area contributed by atoms with E-state index in [0.717, 1.165) is 12.2 Å². The predicted octanol–water partition coefficient (Wildman–Crippen LogP) is 3.41. The van der Waals surface area contributed by atoms with Crippen molar-refractivity contribution in [3.63, 3.8) is 0 Å². The Labute approximate surface area is 186 Å². The van der Waals surface area contributed by atoms with Gasteiger partial charge in [-0.2, -0.15) is 0 Å². The number of benzene rings is 1. The highest BCUT2D eigenvalue weighted by Crippen LogP contribution is 2.12. The number of hydrogen-bond donors (Lipinski definition) is 2. The summed E-state index contributed by atoms with van der Waals surface area (Å²) in [6, 6.07) is 7.95. The van der Waals surface area contributed by atoms with Gasteiger partial charge in [0, 0.05) is 26.2 Å². The van der Waals surface area contributed by atoms with Gasteiger partial charge in [-0.1, -0.05) is 12.1 Å². The van der Waals surface area contributed by atoms with Crippen LogP contribution in [0.1, 0.15) is 39.7 Å². The van der Waals surface area contributed by atoms with E-state index >= 15 is 0 Å². The first-order valence-corrected chi connectivity index (χ1v) is 9.25. The topological polar surface area (TPSA) is 89.2 Å². The Morgan fingerprint density at radius 2 is 1.89 bits per heavy atom. The Morgan fingerprint density at radius 3 is 2.43 bits per heavy atom. The molecule has 1 unspecified atom stereocenters. The van der Waals surface area contributed by atoms with Crippen LogP contribution in [0.25, 0.3) is 0 Å². The van der Waals surface area contributed by atoms with Gasteiger partial charge in [-0.15, -0.1) is 24.0 Å². The van der Waals surface area contributed by atoms with Crippen LogP contribution in [0.15, 0.2) is 29.3 Å². The molecular formula is C20H35IN4O3. The summed E-state index contributed by atoms with van der Waals surface area (Å²) in [5, 5.41) is 3.11. The van der Waals surface area contributed by atoms with Crippen LogP contribution in [-0.4, -0.2) is 55.8 Å². The van der Waals surface area contributed by atoms with Crippen molar-refractivity contribution in [3.8, 4) is 5.75 Å². The van der Waals surface area contributed by atoms with Gasteiger partial charge in [0.15, 0.2) is 5.96 Å². The number of carbonyl (C=O) groups is 1. The molecule has 0 saturated carbocycles. The minimum absolute atomic E-state index is 0. The Morgan fingerprint density at radius 1 is 1.29 bits per heavy atom. The van der Waals surface area contributed by atoms with Gasteiger partial charge in [-0.3, -0.25) is 4.99 Å². The summed E-state index contributed by atoms with van der Waals surface area (Å²) >= 11 is 0. The summed E-state index contributed by atoms with van der Waals surface area (Å²) in [5.41, 5.74) is 6.60. The molecule has 3 N–H and O–H groups in total. The molecule has 0 radical (unpaired) electrons. The maximum absolute atomic E-state index is 12.0. The van der Waals surface area contributed by atoms with E-state index in [4.69, 9.17) is 15.2 Å². The lowest BCUT2D eigenvalue weighted by molar-refractivity contribution is 0.0231. The monoisotopic (exact) mass is 506 g/mol. The molecule has 0 bridgehead atoms. The first-order valence-electron chi connectivity index (χ1n) is 9.25. The molecule has 28 heavy (non-hydrogen) atoms. The maximum Gasteiger partial charge on any atom is 0.410 e. The van der Waals surface area contributed by atoms with Gasteiger partial charge >= 0.3 is 6.09 Å². The number of nitrogens with one attached hydrogen (secondary N) is 1. The van der Waals surface area contributed by atoms with Gasteiger partial charge < -0.3 is 25.4 Å². The Hall–Kier alpha value is -1.71. The van der Waals surface area contributed by atoms with Gasteiger partial charge in [-0.05, 0) is 58.2 Å². The highest BCUT2D eigenvalue weighted by atomic mass is 127. The molecule has 160 valence electrons. The number of rotatable bonds is 8. The molecule has 1 aromatic rings. The lowest BCUT2D eigenvalue weighted by Gasteiger charge is -2.28. The first-order chi connectivity index (χ1) is 12.6. The average Bonchev–Trinajstić information content (AvgIpc) is 2.60. The summed E-state index contributed by atoms with van der Waals surface area (Å²) in [4.78, 5) is 18.0. The third kappa shape index (κ3) is 10.6. The van der Waals surface area contributed by atoms with Crippen LogP contribution in [0.3, 0.4) is 0 Å². The van der Waals surface area contributed by atoms with Crippen LogP contribution in [-0.2, 0) is 11.2 Å². The zero-order chi connectivity index (χ0) is 20.4. The number of nitrogens with two attached hydrogens (primary N) is 1. The minimum Gasteiger partial charge on any atom is -0.497 e. The van der Waals surface area contributed by atoms with E-state index in [2.05, 4.69) is 10.3 Å². The van der Waals surface area contributed by atoms with Crippen LogP contribution in [0.4, 0.5) is 4.79 Å². The summed E-state index contributed by atoms with van der Waals surface area (Å²) in [6.07, 6.45) is 1.22. The third-order valence-corrected chi connectivity index (χ3v) is 4.05. The second-order valence-electron chi connectivity index (χ2n) is 7.52. The number of guanidine groups is 1. The molecule has 1 atom stereocenters. The normalized spacial score (nSPS) is 12.6. The predicted molar refractivity (Wildman–Crippen MR) is 125 cm³/mol. The Kier molecular flexibility index (Phi) is 11.9. The highest BCUT2D eigenvalue weighted by Gasteiger charge is 2.22. The quantitative estimate of drug-likeness (QED) is 0.321. The van der Waals surface area contributed by atoms with Crippen molar-refractivity contribution < 1.29 is 14.3 Å². The number of carbonyl (C=O) groups excluding carboxylic acids is 1. The molecule has 0 aromatic heterocycles. The lowest BCUT2D eigenvalue weighted by atomic mass is 10.1. The van der Waals surface area contributed by atoms with Gasteiger partial charge in [0.1, 0.15) is 11.4 Å². The molecule has 1 rings (SSSR count). The number of halogens is 1. The lowest BCUT2D eigenvalue weighted by Crippen LogP contribution is -2.40. The molecule has 0 heterocycles. The van der Waals surface area contributed by atoms with E-state index < -0.39 is 5.60 Å². The van der Waals surface area contributed by atoms with E-state index in [9.17, 15) is 4.79 Å². The minimum atomic E-state index is -0.499. The summed E-state index contributed by atoms with van der Waals surface area (Å²) < 4.78 is 10.5. The molecule has 0 saturated heterocycles. The second kappa shape index (κ2) is 12.7. The number of amides is 1. The van der Waals surface area contributed by atoms with Gasteiger partial charge in [0.2, 0.25) is 0 Å². The molecule has 0 aliphatic rings. The van der Waals surface area contributed by atoms with E-state index in [1.54, 1.807) is 19.1 Å². The zero-order valence-electron chi connectivity index (χ0n) is 17.8. The number of nitrogens with zero attached hydrogens (tertiary/aromatic N) is 2. The fraction of sp³-hybridized carbons (Fsp3) is 0.600. The molecular weight excluding hydrogens is 471 g/mol. The van der Waals surface area contributed by atoms with Crippen molar-refractivity contribution in [2.75, 3.05) is 27.2 Å².